The zero-order valence-electron chi connectivity index (χ0n) is 20.4. The molecule has 2 aromatic carbocycles. The van der Waals surface area contributed by atoms with Crippen molar-refractivity contribution in [2.24, 2.45) is 11.3 Å². The van der Waals surface area contributed by atoms with E-state index in [1.165, 1.54) is 50.3 Å². The first kappa shape index (κ1) is 31.3. The standard InChI is InChI=1S/C13H9.C13H21.C3H6.2ClH.Zr/c1-3-7-12-10(5-1)9-11-6-2-4-8-13(11)12;1-5-6-7-11-8-9-12(10-11)13(2,3)4;1-3-2;;;/h1-5,7-8H,9H2;9-11H,5-7H2,1-4H3;1-2H3;2*1H;/q2*-1;;;;+2/p-2. The number of halogens is 2. The van der Waals surface area contributed by atoms with Crippen LogP contribution in [0.15, 0.2) is 60.2 Å². The topological polar surface area (TPSA) is 0 Å². The van der Waals surface area contributed by atoms with Gasteiger partial charge in [0, 0.05) is 0 Å². The molecule has 0 nitrogen and oxygen atoms in total. The molecule has 0 aromatic heterocycles. The maximum Gasteiger partial charge on any atom is -0.0253 e. The van der Waals surface area contributed by atoms with E-state index in [0.29, 0.717) is 11.3 Å². The van der Waals surface area contributed by atoms with Gasteiger partial charge in [0.15, 0.2) is 0 Å². The molecule has 0 amide bonds. The van der Waals surface area contributed by atoms with Crippen molar-refractivity contribution in [3.05, 3.63) is 83.5 Å². The van der Waals surface area contributed by atoms with E-state index in [9.17, 15) is 0 Å². The van der Waals surface area contributed by atoms with Crippen LogP contribution >= 0.6 is 0 Å². The Bertz CT molecular complexity index is 856. The van der Waals surface area contributed by atoms with E-state index in [4.69, 9.17) is 0 Å². The Balaban J connectivity index is 0.000000490. The molecule has 1 atom stereocenters. The number of fused-ring (bicyclic) bond motifs is 3. The second-order valence-electron chi connectivity index (χ2n) is 9.33. The molecule has 0 fully saturated rings. The van der Waals surface area contributed by atoms with Gasteiger partial charge in [-0.2, -0.15) is 41.5 Å². The fourth-order valence-electron chi connectivity index (χ4n) is 3.56. The molecule has 172 valence electrons. The SMILES string of the molecule is CCCCC1[C-]=CC(C(C)(C)C)=C1.C[C](C)=[Zr+2].[Cl-].[Cl-].[c-]1cccc2c1Cc1ccccc1-2. The van der Waals surface area contributed by atoms with Gasteiger partial charge in [-0.25, -0.2) is 6.08 Å². The van der Waals surface area contributed by atoms with E-state index in [1.807, 2.05) is 6.07 Å². The number of rotatable bonds is 3. The Hall–Kier alpha value is -0.747. The van der Waals surface area contributed by atoms with Crippen molar-refractivity contribution in [3.8, 4) is 11.1 Å². The third-order valence-corrected chi connectivity index (χ3v) is 5.18. The van der Waals surface area contributed by atoms with Crippen molar-refractivity contribution in [2.45, 2.75) is 67.2 Å². The molecular formula is C29H36Cl2Zr-2. The van der Waals surface area contributed by atoms with Gasteiger partial charge in [-0.1, -0.05) is 93.7 Å². The molecule has 0 radical (unpaired) electrons. The first-order chi connectivity index (χ1) is 14.2. The number of hydrogen-bond acceptors (Lipinski definition) is 0. The Morgan fingerprint density at radius 1 is 1.03 bits per heavy atom. The summed E-state index contributed by atoms with van der Waals surface area (Å²) in [7, 11) is 0. The molecule has 0 N–H and O–H groups in total. The van der Waals surface area contributed by atoms with Crippen LogP contribution < -0.4 is 24.8 Å². The van der Waals surface area contributed by atoms with E-state index in [-0.39, 0.29) is 24.8 Å². The minimum absolute atomic E-state index is 0. The average molecular weight is 547 g/mol. The quantitative estimate of drug-likeness (QED) is 0.441. The Morgan fingerprint density at radius 2 is 1.66 bits per heavy atom. The average Bonchev–Trinajstić information content (AvgIpc) is 3.31. The number of hydrogen-bond donors (Lipinski definition) is 0. The second-order valence-corrected chi connectivity index (χ2v) is 11.8. The molecule has 2 aliphatic rings. The predicted octanol–water partition coefficient (Wildman–Crippen LogP) is 1.95. The molecule has 2 aromatic rings. The first-order valence-corrected chi connectivity index (χ1v) is 12.4. The van der Waals surface area contributed by atoms with Crippen LogP contribution in [-0.4, -0.2) is 3.21 Å². The molecule has 0 heterocycles. The van der Waals surface area contributed by atoms with Crippen LogP contribution in [0.1, 0.15) is 71.9 Å². The second kappa shape index (κ2) is 15.2. The summed E-state index contributed by atoms with van der Waals surface area (Å²) < 4.78 is 1.51. The first-order valence-electron chi connectivity index (χ1n) is 11.1. The van der Waals surface area contributed by atoms with Crippen LogP contribution in [0.2, 0.25) is 0 Å². The maximum absolute atomic E-state index is 3.43. The largest absolute Gasteiger partial charge is 1.00 e. The molecule has 0 saturated heterocycles. The minimum Gasteiger partial charge on any atom is -1.00 e. The van der Waals surface area contributed by atoms with Gasteiger partial charge in [-0.05, 0) is 6.42 Å². The minimum atomic E-state index is 0. The van der Waals surface area contributed by atoms with Gasteiger partial charge < -0.3 is 24.8 Å². The zero-order valence-corrected chi connectivity index (χ0v) is 24.3. The monoisotopic (exact) mass is 544 g/mol. The molecule has 0 aliphatic heterocycles. The van der Waals surface area contributed by atoms with Crippen molar-refractivity contribution in [2.75, 3.05) is 0 Å². The predicted molar refractivity (Wildman–Crippen MR) is 128 cm³/mol. The van der Waals surface area contributed by atoms with Gasteiger partial charge in [0.2, 0.25) is 0 Å². The molecule has 4 rings (SSSR count). The Labute approximate surface area is 224 Å². The number of allylic oxidation sites excluding steroid dienone is 4. The fourth-order valence-corrected chi connectivity index (χ4v) is 3.56. The summed E-state index contributed by atoms with van der Waals surface area (Å²) in [4.78, 5) is 0. The van der Waals surface area contributed by atoms with Crippen LogP contribution in [0.25, 0.3) is 11.1 Å². The van der Waals surface area contributed by atoms with Crippen molar-refractivity contribution in [1.29, 1.82) is 0 Å². The van der Waals surface area contributed by atoms with Gasteiger partial charge >= 0.3 is 41.3 Å². The van der Waals surface area contributed by atoms with E-state index in [2.05, 4.69) is 102 Å². The van der Waals surface area contributed by atoms with Crippen molar-refractivity contribution < 1.29 is 49.0 Å². The zero-order chi connectivity index (χ0) is 22.1. The number of benzene rings is 2. The summed E-state index contributed by atoms with van der Waals surface area (Å²) >= 11 is 1.55. The molecule has 2 aliphatic carbocycles. The summed E-state index contributed by atoms with van der Waals surface area (Å²) in [5.41, 5.74) is 7.26. The van der Waals surface area contributed by atoms with Crippen molar-refractivity contribution >= 4 is 3.21 Å². The molecular weight excluding hydrogens is 510 g/mol. The third-order valence-electron chi connectivity index (χ3n) is 5.18. The molecule has 0 bridgehead atoms. The van der Waals surface area contributed by atoms with Crippen molar-refractivity contribution in [1.82, 2.24) is 0 Å². The molecule has 3 heteroatoms. The van der Waals surface area contributed by atoms with Crippen LogP contribution in [0.3, 0.4) is 0 Å². The van der Waals surface area contributed by atoms with Gasteiger partial charge in [-0.3, -0.25) is 6.08 Å². The smallest absolute Gasteiger partial charge is 0.0253 e. The van der Waals surface area contributed by atoms with E-state index in [0.717, 1.165) is 6.42 Å². The van der Waals surface area contributed by atoms with Gasteiger partial charge in [0.05, 0.1) is 0 Å². The summed E-state index contributed by atoms with van der Waals surface area (Å²) in [6.45, 7) is 13.3. The van der Waals surface area contributed by atoms with Crippen LogP contribution in [0.5, 0.6) is 0 Å². The van der Waals surface area contributed by atoms with Crippen LogP contribution in [-0.2, 0) is 30.7 Å². The van der Waals surface area contributed by atoms with Gasteiger partial charge in [0.25, 0.3) is 0 Å². The van der Waals surface area contributed by atoms with E-state index < -0.39 is 0 Å². The molecule has 0 saturated carbocycles. The summed E-state index contributed by atoms with van der Waals surface area (Å²) in [5, 5.41) is 0. The van der Waals surface area contributed by atoms with Crippen molar-refractivity contribution in [3.63, 3.8) is 0 Å². The molecule has 0 spiro atoms. The molecule has 1 unspecified atom stereocenters. The summed E-state index contributed by atoms with van der Waals surface area (Å²) in [6.07, 6.45) is 12.9. The Morgan fingerprint density at radius 3 is 2.25 bits per heavy atom. The maximum atomic E-state index is 3.43. The van der Waals surface area contributed by atoms with Crippen LogP contribution in [0.4, 0.5) is 0 Å². The van der Waals surface area contributed by atoms with Crippen LogP contribution in [0, 0.1) is 23.5 Å². The molecule has 32 heavy (non-hydrogen) atoms. The summed E-state index contributed by atoms with van der Waals surface area (Å²) in [6, 6.07) is 18.1. The fraction of sp³-hybridized carbons (Fsp3) is 0.414. The van der Waals surface area contributed by atoms with Gasteiger partial charge in [-0.15, -0.1) is 5.56 Å². The normalized spacial score (nSPS) is 14.9. The van der Waals surface area contributed by atoms with E-state index in [1.54, 1.807) is 24.2 Å². The van der Waals surface area contributed by atoms with Gasteiger partial charge in [0.1, 0.15) is 0 Å². The Kier molecular flexibility index (Phi) is 14.9. The van der Waals surface area contributed by atoms with E-state index >= 15 is 0 Å². The summed E-state index contributed by atoms with van der Waals surface area (Å²) in [5.74, 6) is 0.592. The number of unbranched alkanes of at least 4 members (excludes halogenated alkanes) is 1. The third kappa shape index (κ3) is 10.0.